The van der Waals surface area contributed by atoms with E-state index in [0.29, 0.717) is 24.3 Å². The molecule has 1 aromatic heterocycles. The van der Waals surface area contributed by atoms with Crippen LogP contribution in [0.25, 0.3) is 11.3 Å². The Morgan fingerprint density at radius 2 is 1.81 bits per heavy atom. The van der Waals surface area contributed by atoms with Gasteiger partial charge in [0.05, 0.1) is 12.8 Å². The highest BCUT2D eigenvalue weighted by Crippen LogP contribution is 2.29. The smallest absolute Gasteiger partial charge is 0.267 e. The van der Waals surface area contributed by atoms with E-state index in [2.05, 4.69) is 10.4 Å². The number of methoxy groups -OCH3 is 1. The first-order chi connectivity index (χ1) is 13.2. The average molecular weight is 361 g/mol. The van der Waals surface area contributed by atoms with Crippen LogP contribution in [-0.4, -0.2) is 22.8 Å². The zero-order valence-electron chi connectivity index (χ0n) is 14.9. The van der Waals surface area contributed by atoms with E-state index in [4.69, 9.17) is 4.74 Å². The Hall–Kier alpha value is -3.41. The van der Waals surface area contributed by atoms with E-state index in [1.54, 1.807) is 13.2 Å². The highest BCUT2D eigenvalue weighted by molar-refractivity contribution is 5.95. The SMILES string of the molecule is COc1ccccc1-c1ccc(=O)n([C@H]2CCc3ccccc3NC2=O)n1. The summed E-state index contributed by atoms with van der Waals surface area (Å²) in [6, 6.07) is 17.6. The Bertz CT molecular complexity index is 1060. The molecule has 0 fully saturated rings. The zero-order valence-corrected chi connectivity index (χ0v) is 14.9. The molecule has 1 atom stereocenters. The lowest BCUT2D eigenvalue weighted by atomic mass is 10.1. The first-order valence-electron chi connectivity index (χ1n) is 8.79. The van der Waals surface area contributed by atoms with Crippen molar-refractivity contribution in [2.75, 3.05) is 12.4 Å². The van der Waals surface area contributed by atoms with E-state index in [1.807, 2.05) is 48.5 Å². The van der Waals surface area contributed by atoms with Crippen LogP contribution in [0.2, 0.25) is 0 Å². The monoisotopic (exact) mass is 361 g/mol. The highest BCUT2D eigenvalue weighted by atomic mass is 16.5. The van der Waals surface area contributed by atoms with Crippen LogP contribution in [0.15, 0.2) is 65.5 Å². The zero-order chi connectivity index (χ0) is 18.8. The second-order valence-corrected chi connectivity index (χ2v) is 6.40. The lowest BCUT2D eigenvalue weighted by molar-refractivity contribution is -0.119. The molecular formula is C21H19N3O3. The number of aromatic nitrogens is 2. The quantitative estimate of drug-likeness (QED) is 0.778. The van der Waals surface area contributed by atoms with Crippen molar-refractivity contribution < 1.29 is 9.53 Å². The summed E-state index contributed by atoms with van der Waals surface area (Å²) in [6.45, 7) is 0. The largest absolute Gasteiger partial charge is 0.496 e. The summed E-state index contributed by atoms with van der Waals surface area (Å²) >= 11 is 0. The van der Waals surface area contributed by atoms with Crippen LogP contribution in [-0.2, 0) is 11.2 Å². The van der Waals surface area contributed by atoms with Gasteiger partial charge in [-0.15, -0.1) is 0 Å². The predicted molar refractivity (Wildman–Crippen MR) is 103 cm³/mol. The lowest BCUT2D eigenvalue weighted by Crippen LogP contribution is -2.34. The van der Waals surface area contributed by atoms with Crippen molar-refractivity contribution in [2.24, 2.45) is 0 Å². The number of ether oxygens (including phenoxy) is 1. The van der Waals surface area contributed by atoms with E-state index in [9.17, 15) is 9.59 Å². The summed E-state index contributed by atoms with van der Waals surface area (Å²) in [5, 5.41) is 7.41. The predicted octanol–water partition coefficient (Wildman–Crippen LogP) is 3.04. The molecule has 0 radical (unpaired) electrons. The van der Waals surface area contributed by atoms with Crippen molar-refractivity contribution >= 4 is 11.6 Å². The van der Waals surface area contributed by atoms with Gasteiger partial charge in [0.1, 0.15) is 11.8 Å². The minimum atomic E-state index is -0.667. The minimum absolute atomic E-state index is 0.230. The Labute approximate surface area is 156 Å². The molecule has 0 saturated heterocycles. The first-order valence-corrected chi connectivity index (χ1v) is 8.79. The molecule has 1 aliphatic rings. The number of carbonyl (C=O) groups is 1. The van der Waals surface area contributed by atoms with E-state index < -0.39 is 6.04 Å². The summed E-state index contributed by atoms with van der Waals surface area (Å²) in [7, 11) is 1.59. The van der Waals surface area contributed by atoms with Crippen molar-refractivity contribution in [3.63, 3.8) is 0 Å². The molecule has 0 spiro atoms. The maximum absolute atomic E-state index is 12.8. The third kappa shape index (κ3) is 3.21. The Balaban J connectivity index is 1.74. The van der Waals surface area contributed by atoms with Gasteiger partial charge in [-0.3, -0.25) is 9.59 Å². The number of hydrogen-bond donors (Lipinski definition) is 1. The molecule has 2 heterocycles. The van der Waals surface area contributed by atoms with Crippen LogP contribution in [0.5, 0.6) is 5.75 Å². The highest BCUT2D eigenvalue weighted by Gasteiger charge is 2.27. The number of para-hydroxylation sites is 2. The van der Waals surface area contributed by atoms with Crippen molar-refractivity contribution in [3.8, 4) is 17.0 Å². The second kappa shape index (κ2) is 7.07. The van der Waals surface area contributed by atoms with Gasteiger partial charge in [0.15, 0.2) is 0 Å². The van der Waals surface area contributed by atoms with Crippen LogP contribution in [0, 0.1) is 0 Å². The molecule has 1 amide bonds. The van der Waals surface area contributed by atoms with Gasteiger partial charge in [-0.25, -0.2) is 4.68 Å². The third-order valence-corrected chi connectivity index (χ3v) is 4.77. The summed E-state index contributed by atoms with van der Waals surface area (Å²) in [6.07, 6.45) is 1.19. The number of benzene rings is 2. The lowest BCUT2D eigenvalue weighted by Gasteiger charge is -2.16. The molecule has 1 aliphatic heterocycles. The van der Waals surface area contributed by atoms with E-state index in [0.717, 1.165) is 16.8 Å². The summed E-state index contributed by atoms with van der Waals surface area (Å²) in [5.41, 5.74) is 2.90. The van der Waals surface area contributed by atoms with Crippen molar-refractivity contribution in [3.05, 3.63) is 76.6 Å². The number of carbonyl (C=O) groups excluding carboxylic acids is 1. The minimum Gasteiger partial charge on any atom is -0.496 e. The van der Waals surface area contributed by atoms with Crippen LogP contribution in [0.3, 0.4) is 0 Å². The summed E-state index contributed by atoms with van der Waals surface area (Å²) < 4.78 is 6.67. The van der Waals surface area contributed by atoms with Gasteiger partial charge in [0, 0.05) is 17.3 Å². The molecule has 6 nitrogen and oxygen atoms in total. The fraction of sp³-hybridized carbons (Fsp3) is 0.190. The maximum atomic E-state index is 12.8. The Morgan fingerprint density at radius 3 is 2.67 bits per heavy atom. The molecule has 27 heavy (non-hydrogen) atoms. The third-order valence-electron chi connectivity index (χ3n) is 4.77. The average Bonchev–Trinajstić information content (AvgIpc) is 2.86. The van der Waals surface area contributed by atoms with Crippen LogP contribution in [0.1, 0.15) is 18.0 Å². The topological polar surface area (TPSA) is 73.2 Å². The molecule has 6 heteroatoms. The van der Waals surface area contributed by atoms with Gasteiger partial charge in [0.25, 0.3) is 5.56 Å². The van der Waals surface area contributed by atoms with Crippen LogP contribution in [0.4, 0.5) is 5.69 Å². The van der Waals surface area contributed by atoms with Crippen LogP contribution < -0.4 is 15.6 Å². The second-order valence-electron chi connectivity index (χ2n) is 6.40. The van der Waals surface area contributed by atoms with E-state index in [-0.39, 0.29) is 11.5 Å². The maximum Gasteiger partial charge on any atom is 0.267 e. The molecule has 0 bridgehead atoms. The van der Waals surface area contributed by atoms with Gasteiger partial charge < -0.3 is 10.1 Å². The summed E-state index contributed by atoms with van der Waals surface area (Å²) in [5.74, 6) is 0.430. The number of amides is 1. The molecule has 4 rings (SSSR count). The molecule has 0 saturated carbocycles. The fourth-order valence-corrected chi connectivity index (χ4v) is 3.38. The molecule has 2 aromatic carbocycles. The molecule has 0 aliphatic carbocycles. The molecule has 1 N–H and O–H groups in total. The van der Waals surface area contributed by atoms with E-state index in [1.165, 1.54) is 10.7 Å². The van der Waals surface area contributed by atoms with Gasteiger partial charge in [-0.05, 0) is 42.7 Å². The Morgan fingerprint density at radius 1 is 1.04 bits per heavy atom. The molecule has 0 unspecified atom stereocenters. The van der Waals surface area contributed by atoms with Gasteiger partial charge in [-0.2, -0.15) is 5.10 Å². The Kier molecular flexibility index (Phi) is 4.46. The number of nitrogens with zero attached hydrogens (tertiary/aromatic N) is 2. The van der Waals surface area contributed by atoms with E-state index >= 15 is 0 Å². The first kappa shape index (κ1) is 17.0. The number of rotatable bonds is 3. The number of nitrogens with one attached hydrogen (secondary N) is 1. The normalized spacial score (nSPS) is 16.2. The van der Waals surface area contributed by atoms with Crippen molar-refractivity contribution in [2.45, 2.75) is 18.9 Å². The van der Waals surface area contributed by atoms with Crippen molar-refractivity contribution in [1.29, 1.82) is 0 Å². The van der Waals surface area contributed by atoms with Gasteiger partial charge >= 0.3 is 0 Å². The summed E-state index contributed by atoms with van der Waals surface area (Å²) in [4.78, 5) is 25.2. The van der Waals surface area contributed by atoms with Gasteiger partial charge in [0.2, 0.25) is 5.91 Å². The number of anilines is 1. The fourth-order valence-electron chi connectivity index (χ4n) is 3.38. The number of hydrogen-bond acceptors (Lipinski definition) is 4. The van der Waals surface area contributed by atoms with Gasteiger partial charge in [-0.1, -0.05) is 30.3 Å². The molecule has 3 aromatic rings. The molecular weight excluding hydrogens is 342 g/mol. The number of fused-ring (bicyclic) bond motifs is 1. The standard InChI is InChI=1S/C21H19N3O3/c1-27-19-9-5-3-7-15(19)17-11-13-20(25)24(23-17)18-12-10-14-6-2-4-8-16(14)22-21(18)26/h2-9,11,13,18H,10,12H2,1H3,(H,22,26)/t18-/m0/s1. The molecule has 136 valence electrons. The van der Waals surface area contributed by atoms with Crippen LogP contribution >= 0.6 is 0 Å². The van der Waals surface area contributed by atoms with Crippen molar-refractivity contribution in [1.82, 2.24) is 9.78 Å². The number of aryl methyl sites for hydroxylation is 1.